The number of fused-ring (bicyclic) bond motifs is 1. The first-order valence-corrected chi connectivity index (χ1v) is 13.8. The summed E-state index contributed by atoms with van der Waals surface area (Å²) in [6.45, 7) is -0.00520. The van der Waals surface area contributed by atoms with E-state index in [-0.39, 0.29) is 19.0 Å². The Morgan fingerprint density at radius 1 is 0.795 bits per heavy atom. The van der Waals surface area contributed by atoms with Gasteiger partial charge in [0.1, 0.15) is 29.6 Å². The summed E-state index contributed by atoms with van der Waals surface area (Å²) in [5, 5.41) is 11.4. The van der Waals surface area contributed by atoms with Gasteiger partial charge in [-0.3, -0.25) is 9.59 Å². The van der Waals surface area contributed by atoms with Gasteiger partial charge in [-0.05, 0) is 47.5 Å². The Bertz CT molecular complexity index is 1760. The highest BCUT2D eigenvalue weighted by molar-refractivity contribution is 5.99. The molecule has 5 aromatic rings. The molecule has 2 amide bonds. The summed E-state index contributed by atoms with van der Waals surface area (Å²) in [6, 6.07) is 26.0. The van der Waals surface area contributed by atoms with Crippen molar-refractivity contribution in [2.75, 3.05) is 33.8 Å². The number of carbonyl (C=O) groups excluding carboxylic acids is 2. The molecule has 1 heterocycles. The maximum absolute atomic E-state index is 14.3. The lowest BCUT2D eigenvalue weighted by Crippen LogP contribution is -2.42. The zero-order chi connectivity index (χ0) is 31.1. The van der Waals surface area contributed by atoms with Gasteiger partial charge in [-0.1, -0.05) is 53.7 Å². The minimum Gasteiger partial charge on any atom is -0.497 e. The predicted octanol–water partition coefficient (Wildman–Crippen LogP) is 4.87. The van der Waals surface area contributed by atoms with E-state index in [1.165, 1.54) is 30.9 Å². The van der Waals surface area contributed by atoms with Gasteiger partial charge in [-0.15, -0.1) is 5.10 Å². The van der Waals surface area contributed by atoms with E-state index in [0.717, 1.165) is 5.56 Å². The summed E-state index contributed by atoms with van der Waals surface area (Å²) in [7, 11) is 6.10. The molecule has 226 valence electrons. The standard InChI is InChI=1S/C33H33N5O6/c1-41-24-15-16-26(29(19-24)43-3)34-33(40)32(23-14-17-28(42-2)30(18-23)44-4)37(20-22-10-6-5-7-11-22)31(39)21-38-27-13-9-8-12-25(27)35-36-38/h5-19,32H,20-21H2,1-4H3,(H,34,40). The summed E-state index contributed by atoms with van der Waals surface area (Å²) in [5.41, 5.74) is 3.13. The van der Waals surface area contributed by atoms with E-state index < -0.39 is 11.9 Å². The average molecular weight is 596 g/mol. The monoisotopic (exact) mass is 595 g/mol. The Kier molecular flexibility index (Phi) is 9.24. The number of amides is 2. The van der Waals surface area contributed by atoms with Crippen molar-refractivity contribution in [3.63, 3.8) is 0 Å². The van der Waals surface area contributed by atoms with Gasteiger partial charge in [0.05, 0.1) is 39.6 Å². The Labute approximate surface area is 254 Å². The summed E-state index contributed by atoms with van der Waals surface area (Å²) in [6.07, 6.45) is 0. The van der Waals surface area contributed by atoms with E-state index in [9.17, 15) is 9.59 Å². The largest absolute Gasteiger partial charge is 0.497 e. The van der Waals surface area contributed by atoms with E-state index in [2.05, 4.69) is 15.6 Å². The van der Waals surface area contributed by atoms with Gasteiger partial charge in [-0.2, -0.15) is 0 Å². The molecule has 0 radical (unpaired) electrons. The Hall–Kier alpha value is -5.58. The second-order valence-corrected chi connectivity index (χ2v) is 9.82. The number of methoxy groups -OCH3 is 4. The van der Waals surface area contributed by atoms with Gasteiger partial charge in [-0.25, -0.2) is 4.68 Å². The van der Waals surface area contributed by atoms with Crippen LogP contribution in [0.2, 0.25) is 0 Å². The molecule has 5 rings (SSSR count). The molecule has 0 aliphatic heterocycles. The average Bonchev–Trinajstić information content (AvgIpc) is 3.47. The number of carbonyl (C=O) groups is 2. The van der Waals surface area contributed by atoms with Crippen LogP contribution < -0.4 is 24.3 Å². The first-order chi connectivity index (χ1) is 21.4. The Morgan fingerprint density at radius 3 is 2.25 bits per heavy atom. The molecule has 11 heteroatoms. The lowest BCUT2D eigenvalue weighted by Gasteiger charge is -2.32. The van der Waals surface area contributed by atoms with Crippen molar-refractivity contribution in [1.29, 1.82) is 0 Å². The predicted molar refractivity (Wildman–Crippen MR) is 165 cm³/mol. The van der Waals surface area contributed by atoms with Gasteiger partial charge in [0.15, 0.2) is 11.5 Å². The van der Waals surface area contributed by atoms with Gasteiger partial charge < -0.3 is 29.2 Å². The summed E-state index contributed by atoms with van der Waals surface area (Å²) in [4.78, 5) is 30.1. The molecule has 0 bridgehead atoms. The van der Waals surface area contributed by atoms with Crippen LogP contribution in [-0.2, 0) is 22.7 Å². The number of nitrogens with one attached hydrogen (secondary N) is 1. The third kappa shape index (κ3) is 6.41. The van der Waals surface area contributed by atoms with Gasteiger partial charge in [0.2, 0.25) is 5.91 Å². The van der Waals surface area contributed by atoms with Crippen molar-refractivity contribution in [3.8, 4) is 23.0 Å². The van der Waals surface area contributed by atoms with Crippen LogP contribution in [0.15, 0.2) is 91.0 Å². The second-order valence-electron chi connectivity index (χ2n) is 9.82. The molecule has 44 heavy (non-hydrogen) atoms. The fourth-order valence-corrected chi connectivity index (χ4v) is 4.96. The van der Waals surface area contributed by atoms with Crippen LogP contribution in [0.4, 0.5) is 5.69 Å². The minimum atomic E-state index is -1.09. The van der Waals surface area contributed by atoms with E-state index in [1.807, 2.05) is 54.6 Å². The molecule has 1 atom stereocenters. The fourth-order valence-electron chi connectivity index (χ4n) is 4.96. The third-order valence-electron chi connectivity index (χ3n) is 7.17. The third-order valence-corrected chi connectivity index (χ3v) is 7.17. The zero-order valence-corrected chi connectivity index (χ0v) is 24.9. The van der Waals surface area contributed by atoms with E-state index in [4.69, 9.17) is 18.9 Å². The molecule has 0 fully saturated rings. The molecule has 0 aliphatic rings. The molecule has 11 nitrogen and oxygen atoms in total. The lowest BCUT2D eigenvalue weighted by molar-refractivity contribution is -0.140. The van der Waals surface area contributed by atoms with Crippen molar-refractivity contribution in [3.05, 3.63) is 102 Å². The number of hydrogen-bond acceptors (Lipinski definition) is 8. The van der Waals surface area contributed by atoms with E-state index >= 15 is 0 Å². The van der Waals surface area contributed by atoms with Crippen LogP contribution >= 0.6 is 0 Å². The molecule has 0 saturated heterocycles. The number of anilines is 1. The summed E-state index contributed by atoms with van der Waals surface area (Å²) >= 11 is 0. The quantitative estimate of drug-likeness (QED) is 0.217. The maximum atomic E-state index is 14.3. The first-order valence-electron chi connectivity index (χ1n) is 13.8. The molecular weight excluding hydrogens is 562 g/mol. The highest BCUT2D eigenvalue weighted by atomic mass is 16.5. The summed E-state index contributed by atoms with van der Waals surface area (Å²) in [5.74, 6) is 1.06. The topological polar surface area (TPSA) is 117 Å². The van der Waals surface area contributed by atoms with Crippen molar-refractivity contribution in [1.82, 2.24) is 19.9 Å². The molecule has 1 aromatic heterocycles. The van der Waals surface area contributed by atoms with Crippen molar-refractivity contribution in [2.24, 2.45) is 0 Å². The van der Waals surface area contributed by atoms with Crippen LogP contribution in [0.3, 0.4) is 0 Å². The maximum Gasteiger partial charge on any atom is 0.251 e. The first kappa shape index (κ1) is 29.9. The van der Waals surface area contributed by atoms with Crippen LogP contribution in [0.25, 0.3) is 11.0 Å². The Balaban J connectivity index is 1.60. The molecule has 0 aliphatic carbocycles. The van der Waals surface area contributed by atoms with Crippen LogP contribution in [0.5, 0.6) is 23.0 Å². The van der Waals surface area contributed by atoms with E-state index in [0.29, 0.717) is 45.3 Å². The van der Waals surface area contributed by atoms with E-state index in [1.54, 1.807) is 43.5 Å². The van der Waals surface area contributed by atoms with Gasteiger partial charge >= 0.3 is 0 Å². The minimum absolute atomic E-state index is 0.137. The summed E-state index contributed by atoms with van der Waals surface area (Å²) < 4.78 is 23.4. The van der Waals surface area contributed by atoms with Crippen LogP contribution in [0.1, 0.15) is 17.2 Å². The molecule has 0 spiro atoms. The van der Waals surface area contributed by atoms with Gasteiger partial charge in [0, 0.05) is 12.6 Å². The second kappa shape index (κ2) is 13.6. The number of rotatable bonds is 12. The number of aromatic nitrogens is 3. The van der Waals surface area contributed by atoms with Crippen molar-refractivity contribution >= 4 is 28.5 Å². The number of benzene rings is 4. The molecular formula is C33H33N5O6. The smallest absolute Gasteiger partial charge is 0.251 e. The fraction of sp³-hybridized carbons (Fsp3) is 0.212. The number of ether oxygens (including phenoxy) is 4. The molecule has 4 aromatic carbocycles. The lowest BCUT2D eigenvalue weighted by atomic mass is 10.0. The highest BCUT2D eigenvalue weighted by Crippen LogP contribution is 2.35. The normalized spacial score (nSPS) is 11.5. The highest BCUT2D eigenvalue weighted by Gasteiger charge is 2.33. The van der Waals surface area contributed by atoms with Crippen molar-refractivity contribution in [2.45, 2.75) is 19.1 Å². The molecule has 1 unspecified atom stereocenters. The zero-order valence-electron chi connectivity index (χ0n) is 24.9. The number of para-hydroxylation sites is 1. The van der Waals surface area contributed by atoms with Crippen LogP contribution in [-0.4, -0.2) is 60.1 Å². The Morgan fingerprint density at radius 2 is 1.52 bits per heavy atom. The van der Waals surface area contributed by atoms with Gasteiger partial charge in [0.25, 0.3) is 5.91 Å². The van der Waals surface area contributed by atoms with Crippen LogP contribution in [0, 0.1) is 0 Å². The van der Waals surface area contributed by atoms with Crippen molar-refractivity contribution < 1.29 is 28.5 Å². The number of hydrogen-bond donors (Lipinski definition) is 1. The number of nitrogens with zero attached hydrogens (tertiary/aromatic N) is 4. The molecule has 0 saturated carbocycles. The molecule has 1 N–H and O–H groups in total. The SMILES string of the molecule is COc1ccc(NC(=O)C(c2ccc(OC)c(OC)c2)N(Cc2ccccc2)C(=O)Cn2nnc3ccccc32)c(OC)c1.